The summed E-state index contributed by atoms with van der Waals surface area (Å²) in [6.07, 6.45) is 1.53. The van der Waals surface area contributed by atoms with Gasteiger partial charge in [-0.2, -0.15) is 0 Å². The predicted octanol–water partition coefficient (Wildman–Crippen LogP) is 1.57. The fourth-order valence-electron chi connectivity index (χ4n) is 2.28. The number of rotatable bonds is 2. The Morgan fingerprint density at radius 3 is 2.90 bits per heavy atom. The molecule has 0 aliphatic carbocycles. The maximum absolute atomic E-state index is 12.0. The summed E-state index contributed by atoms with van der Waals surface area (Å²) >= 11 is 5.97. The van der Waals surface area contributed by atoms with Crippen molar-refractivity contribution in [3.8, 4) is 0 Å². The van der Waals surface area contributed by atoms with E-state index in [0.29, 0.717) is 17.3 Å². The fourth-order valence-corrected chi connectivity index (χ4v) is 2.46. The van der Waals surface area contributed by atoms with Gasteiger partial charge in [0.1, 0.15) is 0 Å². The number of carbonyl (C=O) groups is 2. The highest BCUT2D eigenvalue weighted by Gasteiger charge is 2.31. The number of carbonyl (C=O) groups excluding carboxylic acids is 2. The summed E-state index contributed by atoms with van der Waals surface area (Å²) in [6.45, 7) is 2.25. The highest BCUT2D eigenvalue weighted by Crippen LogP contribution is 2.21. The molecule has 1 aromatic carbocycles. The molecule has 1 aliphatic heterocycles. The molecule has 0 spiro atoms. The lowest BCUT2D eigenvalue weighted by atomic mass is 10.2. The number of nitrogens with one attached hydrogen (secondary N) is 1. The maximum Gasteiger partial charge on any atom is 0.313 e. The van der Waals surface area contributed by atoms with Gasteiger partial charge < -0.3 is 15.3 Å². The molecule has 0 aromatic heterocycles. The molecule has 2 amide bonds. The van der Waals surface area contributed by atoms with Crippen LogP contribution in [0, 0.1) is 6.92 Å². The molecule has 0 bridgehead atoms. The second kappa shape index (κ2) is 6.24. The number of halogens is 1. The Morgan fingerprint density at radius 2 is 2.25 bits per heavy atom. The van der Waals surface area contributed by atoms with Crippen LogP contribution >= 0.6 is 11.6 Å². The average Bonchev–Trinajstić information content (AvgIpc) is 2.90. The van der Waals surface area contributed by atoms with Gasteiger partial charge >= 0.3 is 11.8 Å². The van der Waals surface area contributed by atoms with Gasteiger partial charge in [0.15, 0.2) is 0 Å². The Hall–Kier alpha value is -1.59. The van der Waals surface area contributed by atoms with Crippen LogP contribution in [0.5, 0.6) is 0 Å². The zero-order valence-corrected chi connectivity index (χ0v) is 12.0. The van der Waals surface area contributed by atoms with Crippen molar-refractivity contribution in [2.45, 2.75) is 25.8 Å². The molecule has 1 atom stereocenters. The first-order valence-electron chi connectivity index (χ1n) is 6.52. The molecular weight excluding hydrogens is 280 g/mol. The number of hydrogen-bond donors (Lipinski definition) is 2. The van der Waals surface area contributed by atoms with Crippen molar-refractivity contribution >= 4 is 29.1 Å². The van der Waals surface area contributed by atoms with E-state index in [1.54, 1.807) is 18.2 Å². The molecule has 5 nitrogen and oxygen atoms in total. The van der Waals surface area contributed by atoms with E-state index < -0.39 is 11.8 Å². The Balaban J connectivity index is 2.04. The average molecular weight is 297 g/mol. The number of likely N-dealkylation sites (tertiary alicyclic amines) is 1. The van der Waals surface area contributed by atoms with Gasteiger partial charge in [0.25, 0.3) is 0 Å². The Labute approximate surface area is 122 Å². The summed E-state index contributed by atoms with van der Waals surface area (Å²) < 4.78 is 0. The molecule has 1 fully saturated rings. The number of aliphatic hydroxyl groups is 1. The topological polar surface area (TPSA) is 69.6 Å². The molecule has 108 valence electrons. The zero-order chi connectivity index (χ0) is 14.7. The first-order chi connectivity index (χ1) is 9.52. The number of benzene rings is 1. The largest absolute Gasteiger partial charge is 0.394 e. The van der Waals surface area contributed by atoms with Gasteiger partial charge in [-0.1, -0.05) is 17.7 Å². The summed E-state index contributed by atoms with van der Waals surface area (Å²) in [5.74, 6) is -1.32. The molecular formula is C14H17ClN2O3. The van der Waals surface area contributed by atoms with Crippen LogP contribution in [0.2, 0.25) is 5.02 Å². The fraction of sp³-hybridized carbons (Fsp3) is 0.429. The van der Waals surface area contributed by atoms with E-state index in [4.69, 9.17) is 11.6 Å². The van der Waals surface area contributed by atoms with Crippen molar-refractivity contribution in [3.05, 3.63) is 28.8 Å². The summed E-state index contributed by atoms with van der Waals surface area (Å²) in [6, 6.07) is 4.82. The molecule has 1 aliphatic rings. The van der Waals surface area contributed by atoms with Crippen LogP contribution in [0.3, 0.4) is 0 Å². The van der Waals surface area contributed by atoms with E-state index in [1.807, 2.05) is 6.92 Å². The van der Waals surface area contributed by atoms with Crippen LogP contribution in [0.15, 0.2) is 18.2 Å². The molecule has 0 saturated carbocycles. The van der Waals surface area contributed by atoms with Gasteiger partial charge in [-0.05, 0) is 37.5 Å². The zero-order valence-electron chi connectivity index (χ0n) is 11.2. The Kier molecular flexibility index (Phi) is 4.62. The lowest BCUT2D eigenvalue weighted by Crippen LogP contribution is -2.43. The van der Waals surface area contributed by atoms with Crippen molar-refractivity contribution < 1.29 is 14.7 Å². The van der Waals surface area contributed by atoms with E-state index in [0.717, 1.165) is 18.4 Å². The highest BCUT2D eigenvalue weighted by atomic mass is 35.5. The number of amides is 2. The first kappa shape index (κ1) is 14.8. The van der Waals surface area contributed by atoms with Crippen molar-refractivity contribution in [2.24, 2.45) is 0 Å². The number of aryl methyl sites for hydroxylation is 1. The number of nitrogens with zero attached hydrogens (tertiary/aromatic N) is 1. The van der Waals surface area contributed by atoms with Crippen LogP contribution in [0.1, 0.15) is 18.4 Å². The summed E-state index contributed by atoms with van der Waals surface area (Å²) in [7, 11) is 0. The van der Waals surface area contributed by atoms with Crippen LogP contribution in [0.4, 0.5) is 5.69 Å². The number of anilines is 1. The van der Waals surface area contributed by atoms with E-state index in [-0.39, 0.29) is 12.6 Å². The van der Waals surface area contributed by atoms with E-state index in [1.165, 1.54) is 4.90 Å². The quantitative estimate of drug-likeness (QED) is 0.814. The van der Waals surface area contributed by atoms with Gasteiger partial charge in [0.05, 0.1) is 12.6 Å². The molecule has 20 heavy (non-hydrogen) atoms. The van der Waals surface area contributed by atoms with Gasteiger partial charge in [0.2, 0.25) is 0 Å². The monoisotopic (exact) mass is 296 g/mol. The second-order valence-electron chi connectivity index (χ2n) is 4.90. The molecule has 0 radical (unpaired) electrons. The minimum Gasteiger partial charge on any atom is -0.394 e. The third-order valence-electron chi connectivity index (χ3n) is 3.47. The van der Waals surface area contributed by atoms with Crippen LogP contribution in [0.25, 0.3) is 0 Å². The molecule has 0 unspecified atom stereocenters. The van der Waals surface area contributed by atoms with Gasteiger partial charge in [-0.25, -0.2) is 0 Å². The molecule has 2 rings (SSSR count). The standard InChI is InChI=1S/C14H17ClN2O3/c1-9-4-5-10(7-12(9)15)16-13(19)14(20)17-6-2-3-11(17)8-18/h4-5,7,11,18H,2-3,6,8H2,1H3,(H,16,19)/t11-/m1/s1. The summed E-state index contributed by atoms with van der Waals surface area (Å²) in [4.78, 5) is 25.4. The van der Waals surface area contributed by atoms with E-state index in [9.17, 15) is 14.7 Å². The molecule has 1 aromatic rings. The van der Waals surface area contributed by atoms with Crippen LogP contribution in [-0.4, -0.2) is 41.0 Å². The van der Waals surface area contributed by atoms with Gasteiger partial charge in [-0.15, -0.1) is 0 Å². The molecule has 1 saturated heterocycles. The maximum atomic E-state index is 12.0. The SMILES string of the molecule is Cc1ccc(NC(=O)C(=O)N2CCC[C@@H]2CO)cc1Cl. The number of aliphatic hydroxyl groups excluding tert-OH is 1. The Bertz CT molecular complexity index is 533. The molecule has 2 N–H and O–H groups in total. The normalized spacial score (nSPS) is 18.1. The Morgan fingerprint density at radius 1 is 1.50 bits per heavy atom. The van der Waals surface area contributed by atoms with E-state index in [2.05, 4.69) is 5.32 Å². The van der Waals surface area contributed by atoms with Gasteiger partial charge in [-0.3, -0.25) is 9.59 Å². The molecule has 1 heterocycles. The first-order valence-corrected chi connectivity index (χ1v) is 6.89. The van der Waals surface area contributed by atoms with Crippen molar-refractivity contribution in [2.75, 3.05) is 18.5 Å². The highest BCUT2D eigenvalue weighted by molar-refractivity contribution is 6.40. The lowest BCUT2D eigenvalue weighted by Gasteiger charge is -2.22. The molecule has 6 heteroatoms. The van der Waals surface area contributed by atoms with Gasteiger partial charge in [0, 0.05) is 17.3 Å². The van der Waals surface area contributed by atoms with E-state index >= 15 is 0 Å². The minimum atomic E-state index is -0.703. The lowest BCUT2D eigenvalue weighted by molar-refractivity contribution is -0.144. The van der Waals surface area contributed by atoms with Crippen molar-refractivity contribution in [3.63, 3.8) is 0 Å². The third-order valence-corrected chi connectivity index (χ3v) is 3.88. The summed E-state index contributed by atoms with van der Waals surface area (Å²) in [5, 5.41) is 12.2. The van der Waals surface area contributed by atoms with Crippen LogP contribution in [-0.2, 0) is 9.59 Å². The smallest absolute Gasteiger partial charge is 0.313 e. The minimum absolute atomic E-state index is 0.116. The van der Waals surface area contributed by atoms with Crippen molar-refractivity contribution in [1.29, 1.82) is 0 Å². The summed E-state index contributed by atoms with van der Waals surface area (Å²) in [5.41, 5.74) is 1.38. The van der Waals surface area contributed by atoms with Crippen molar-refractivity contribution in [1.82, 2.24) is 4.90 Å². The number of hydrogen-bond acceptors (Lipinski definition) is 3. The van der Waals surface area contributed by atoms with Crippen LogP contribution < -0.4 is 5.32 Å². The third kappa shape index (κ3) is 3.11. The predicted molar refractivity (Wildman–Crippen MR) is 76.6 cm³/mol. The second-order valence-corrected chi connectivity index (χ2v) is 5.30.